The predicted octanol–water partition coefficient (Wildman–Crippen LogP) is 5.55. The predicted molar refractivity (Wildman–Crippen MR) is 129 cm³/mol. The lowest BCUT2D eigenvalue weighted by Crippen LogP contribution is -2.50. The number of aryl methyl sites for hydroxylation is 1. The van der Waals surface area contributed by atoms with Crippen LogP contribution in [-0.2, 0) is 10.6 Å². The Kier molecular flexibility index (Phi) is 4.11. The fourth-order valence-corrected chi connectivity index (χ4v) is 5.39. The molecule has 1 unspecified atom stereocenters. The second-order valence-corrected chi connectivity index (χ2v) is 10.1. The average molecular weight is 470 g/mol. The van der Waals surface area contributed by atoms with Crippen molar-refractivity contribution >= 4 is 22.9 Å². The number of halogens is 1. The van der Waals surface area contributed by atoms with Gasteiger partial charge in [0.25, 0.3) is 0 Å². The normalized spacial score (nSPS) is 23.6. The zero-order valence-electron chi connectivity index (χ0n) is 19.5. The number of nitrogens with zero attached hydrogens (tertiary/aromatic N) is 5. The second-order valence-electron chi connectivity index (χ2n) is 10.1. The average Bonchev–Trinajstić information content (AvgIpc) is 3.21. The molecule has 0 bridgehead atoms. The van der Waals surface area contributed by atoms with Crippen molar-refractivity contribution in [1.29, 1.82) is 0 Å². The summed E-state index contributed by atoms with van der Waals surface area (Å²) in [6, 6.07) is 10.6. The van der Waals surface area contributed by atoms with E-state index in [0.717, 1.165) is 52.3 Å². The lowest BCUT2D eigenvalue weighted by Gasteiger charge is -2.41. The molecular weight excluding hydrogens is 445 g/mol. The molecule has 8 heteroatoms. The van der Waals surface area contributed by atoms with Crippen molar-refractivity contribution in [2.45, 2.75) is 38.8 Å². The lowest BCUT2D eigenvalue weighted by molar-refractivity contribution is -0.0968. The number of piperidine rings is 1. The standard InChI is InChI=1S/C27H24FN5O2/c1-17-14-32(16-29-17)23-8-3-18(22-13-30-34-24(22)23)11-19-12-27(9-10-27)15-33-25(19)31-35-26(33,2)20-4-6-21(28)7-5-20/h3-8,11,13-14,16H,9-10,12,15H2,1-2H3. The maximum Gasteiger partial charge on any atom is 0.234 e. The van der Waals surface area contributed by atoms with Crippen molar-refractivity contribution in [2.24, 2.45) is 10.6 Å². The molecule has 0 amide bonds. The van der Waals surface area contributed by atoms with Gasteiger partial charge in [-0.05, 0) is 67.0 Å². The van der Waals surface area contributed by atoms with Gasteiger partial charge in [0.15, 0.2) is 11.4 Å². The monoisotopic (exact) mass is 469 g/mol. The van der Waals surface area contributed by atoms with E-state index in [4.69, 9.17) is 9.36 Å². The summed E-state index contributed by atoms with van der Waals surface area (Å²) in [6.07, 6.45) is 11.0. The lowest BCUT2D eigenvalue weighted by atomic mass is 9.86. The first-order valence-corrected chi connectivity index (χ1v) is 11.8. The van der Waals surface area contributed by atoms with Gasteiger partial charge in [0, 0.05) is 25.2 Å². The highest BCUT2D eigenvalue weighted by Crippen LogP contribution is 2.57. The second kappa shape index (κ2) is 7.04. The molecular formula is C27H24FN5O2. The fraction of sp³-hybridized carbons (Fsp3) is 0.296. The van der Waals surface area contributed by atoms with E-state index in [-0.39, 0.29) is 11.2 Å². The molecule has 1 aliphatic carbocycles. The molecule has 1 spiro atoms. The minimum absolute atomic E-state index is 0.224. The number of amidine groups is 1. The smallest absolute Gasteiger partial charge is 0.234 e. The number of benzene rings is 2. The van der Waals surface area contributed by atoms with Crippen LogP contribution in [-0.4, -0.2) is 32.0 Å². The molecule has 2 aromatic heterocycles. The Bertz CT molecular complexity index is 1530. The molecule has 7 rings (SSSR count). The van der Waals surface area contributed by atoms with Crippen LogP contribution >= 0.6 is 0 Å². The third-order valence-corrected chi connectivity index (χ3v) is 7.62. The Morgan fingerprint density at radius 2 is 1.94 bits per heavy atom. The number of hydrogen-bond donors (Lipinski definition) is 0. The van der Waals surface area contributed by atoms with Crippen LogP contribution < -0.4 is 0 Å². The largest absolute Gasteiger partial charge is 0.360 e. The van der Waals surface area contributed by atoms with Crippen molar-refractivity contribution in [3.63, 3.8) is 0 Å². The summed E-state index contributed by atoms with van der Waals surface area (Å²) in [5.41, 5.74) is 5.04. The van der Waals surface area contributed by atoms with E-state index >= 15 is 0 Å². The number of rotatable bonds is 3. The van der Waals surface area contributed by atoms with Crippen LogP contribution in [0.15, 0.2) is 70.4 Å². The van der Waals surface area contributed by atoms with Gasteiger partial charge in [-0.2, -0.15) is 0 Å². The number of imidazole rings is 1. The van der Waals surface area contributed by atoms with E-state index in [1.54, 1.807) is 24.7 Å². The summed E-state index contributed by atoms with van der Waals surface area (Å²) in [7, 11) is 0. The molecule has 1 saturated heterocycles. The molecule has 1 atom stereocenters. The highest BCUT2D eigenvalue weighted by Gasteiger charge is 2.56. The first-order valence-electron chi connectivity index (χ1n) is 11.8. The van der Waals surface area contributed by atoms with Crippen molar-refractivity contribution < 1.29 is 13.8 Å². The minimum atomic E-state index is -0.770. The van der Waals surface area contributed by atoms with Gasteiger partial charge in [-0.3, -0.25) is 0 Å². The molecule has 2 fully saturated rings. The molecule has 2 aliphatic heterocycles. The van der Waals surface area contributed by atoms with Gasteiger partial charge in [-0.25, -0.2) is 9.37 Å². The van der Waals surface area contributed by atoms with Gasteiger partial charge in [-0.15, -0.1) is 0 Å². The number of oxime groups is 1. The molecule has 4 aromatic rings. The van der Waals surface area contributed by atoms with E-state index in [1.165, 1.54) is 25.0 Å². The van der Waals surface area contributed by atoms with E-state index in [0.29, 0.717) is 5.58 Å². The Hall–Kier alpha value is -3.94. The van der Waals surface area contributed by atoms with Gasteiger partial charge in [0.2, 0.25) is 5.72 Å². The molecule has 1 saturated carbocycles. The highest BCUT2D eigenvalue weighted by molar-refractivity contribution is 6.05. The van der Waals surface area contributed by atoms with Crippen LogP contribution in [0.1, 0.15) is 43.0 Å². The van der Waals surface area contributed by atoms with Gasteiger partial charge in [0.05, 0.1) is 29.3 Å². The molecule has 35 heavy (non-hydrogen) atoms. The van der Waals surface area contributed by atoms with Crippen LogP contribution in [0.3, 0.4) is 0 Å². The molecule has 3 aliphatic rings. The van der Waals surface area contributed by atoms with Crippen LogP contribution in [0.5, 0.6) is 0 Å². The number of fused-ring (bicyclic) bond motifs is 2. The van der Waals surface area contributed by atoms with E-state index in [1.807, 2.05) is 30.7 Å². The number of aromatic nitrogens is 3. The summed E-state index contributed by atoms with van der Waals surface area (Å²) in [5, 5.41) is 9.57. The third-order valence-electron chi connectivity index (χ3n) is 7.62. The first-order chi connectivity index (χ1) is 16.9. The van der Waals surface area contributed by atoms with Crippen LogP contribution in [0.4, 0.5) is 4.39 Å². The van der Waals surface area contributed by atoms with Crippen LogP contribution in [0.25, 0.3) is 22.7 Å². The number of hydrogen-bond acceptors (Lipinski definition) is 6. The van der Waals surface area contributed by atoms with E-state index in [9.17, 15) is 4.39 Å². The summed E-state index contributed by atoms with van der Waals surface area (Å²) in [4.78, 5) is 12.6. The van der Waals surface area contributed by atoms with Crippen LogP contribution in [0.2, 0.25) is 0 Å². The van der Waals surface area contributed by atoms with Gasteiger partial charge in [-0.1, -0.05) is 28.5 Å². The van der Waals surface area contributed by atoms with Gasteiger partial charge in [0.1, 0.15) is 5.82 Å². The zero-order valence-corrected chi connectivity index (χ0v) is 19.5. The van der Waals surface area contributed by atoms with Crippen molar-refractivity contribution in [3.05, 3.63) is 83.3 Å². The Morgan fingerprint density at radius 1 is 1.11 bits per heavy atom. The van der Waals surface area contributed by atoms with Crippen LogP contribution in [0, 0.1) is 18.2 Å². The maximum atomic E-state index is 13.6. The van der Waals surface area contributed by atoms with E-state index in [2.05, 4.69) is 32.3 Å². The summed E-state index contributed by atoms with van der Waals surface area (Å²) in [6.45, 7) is 4.84. The molecule has 4 heterocycles. The summed E-state index contributed by atoms with van der Waals surface area (Å²) >= 11 is 0. The fourth-order valence-electron chi connectivity index (χ4n) is 5.39. The van der Waals surface area contributed by atoms with Crippen molar-refractivity contribution in [1.82, 2.24) is 19.6 Å². The topological polar surface area (TPSA) is 68.7 Å². The summed E-state index contributed by atoms with van der Waals surface area (Å²) < 4.78 is 21.2. The molecule has 2 aromatic carbocycles. The molecule has 176 valence electrons. The Balaban J connectivity index is 1.30. The Morgan fingerprint density at radius 3 is 2.69 bits per heavy atom. The van der Waals surface area contributed by atoms with E-state index < -0.39 is 5.72 Å². The Labute approximate surface area is 201 Å². The SMILES string of the molecule is Cc1cn(-c2ccc(C=C3CC4(CC4)CN4C3=NOC4(C)c3ccc(F)cc3)c3cnoc23)cn1. The van der Waals surface area contributed by atoms with Gasteiger partial charge < -0.3 is 18.8 Å². The first kappa shape index (κ1) is 20.4. The molecule has 0 N–H and O–H groups in total. The third kappa shape index (κ3) is 3.12. The minimum Gasteiger partial charge on any atom is -0.360 e. The maximum absolute atomic E-state index is 13.6. The van der Waals surface area contributed by atoms with Crippen molar-refractivity contribution in [2.75, 3.05) is 6.54 Å². The molecule has 0 radical (unpaired) electrons. The zero-order chi connectivity index (χ0) is 23.8. The quantitative estimate of drug-likeness (QED) is 0.394. The summed E-state index contributed by atoms with van der Waals surface area (Å²) in [5.74, 6) is 0.578. The van der Waals surface area contributed by atoms with Gasteiger partial charge >= 0.3 is 0 Å². The van der Waals surface area contributed by atoms with Crippen molar-refractivity contribution in [3.8, 4) is 5.69 Å². The highest BCUT2D eigenvalue weighted by atomic mass is 19.1. The molecule has 7 nitrogen and oxygen atoms in total.